The molecule has 1 saturated heterocycles. The van der Waals surface area contributed by atoms with Gasteiger partial charge in [0.2, 0.25) is 5.91 Å². The van der Waals surface area contributed by atoms with Crippen molar-refractivity contribution < 1.29 is 27.6 Å². The summed E-state index contributed by atoms with van der Waals surface area (Å²) in [5.74, 6) is -4.30. The molecule has 0 aliphatic carbocycles. The lowest BCUT2D eigenvalue weighted by atomic mass is 9.91. The molecule has 0 saturated carbocycles. The normalized spacial score (nSPS) is 19.0. The summed E-state index contributed by atoms with van der Waals surface area (Å²) in [7, 11) is 0. The summed E-state index contributed by atoms with van der Waals surface area (Å²) in [5.41, 5.74) is -2.51. The molecule has 3 rings (SSSR count). The van der Waals surface area contributed by atoms with Gasteiger partial charge in [-0.05, 0) is 43.3 Å². The summed E-state index contributed by atoms with van der Waals surface area (Å²) in [4.78, 5) is 37.6. The third-order valence-electron chi connectivity index (χ3n) is 4.25. The van der Waals surface area contributed by atoms with Crippen molar-refractivity contribution in [2.75, 3.05) is 11.9 Å². The second kappa shape index (κ2) is 7.16. The van der Waals surface area contributed by atoms with Crippen LogP contribution >= 0.6 is 11.6 Å². The van der Waals surface area contributed by atoms with Crippen molar-refractivity contribution in [1.29, 1.82) is 0 Å². The van der Waals surface area contributed by atoms with Crippen LogP contribution in [-0.2, 0) is 15.1 Å². The minimum atomic E-state index is -1.90. The second-order valence-corrected chi connectivity index (χ2v) is 6.68. The van der Waals surface area contributed by atoms with E-state index in [1.807, 2.05) is 0 Å². The van der Waals surface area contributed by atoms with Crippen molar-refractivity contribution in [1.82, 2.24) is 10.2 Å². The molecule has 2 aromatic rings. The third-order valence-corrected chi connectivity index (χ3v) is 4.48. The molecule has 1 heterocycles. The van der Waals surface area contributed by atoms with Crippen LogP contribution in [-0.4, -0.2) is 29.3 Å². The molecule has 4 amide bonds. The number of anilines is 1. The fourth-order valence-electron chi connectivity index (χ4n) is 2.83. The van der Waals surface area contributed by atoms with Gasteiger partial charge in [0.25, 0.3) is 5.91 Å². The van der Waals surface area contributed by atoms with Crippen LogP contribution in [0.3, 0.4) is 0 Å². The average molecular weight is 412 g/mol. The smallest absolute Gasteiger partial charge is 0.322 e. The number of halogens is 4. The van der Waals surface area contributed by atoms with Crippen molar-refractivity contribution in [2.24, 2.45) is 0 Å². The molecule has 1 aliphatic rings. The highest BCUT2D eigenvalue weighted by atomic mass is 35.5. The molecular weight excluding hydrogens is 399 g/mol. The van der Waals surface area contributed by atoms with Crippen LogP contribution < -0.4 is 10.6 Å². The van der Waals surface area contributed by atoms with E-state index in [1.54, 1.807) is 0 Å². The second-order valence-electron chi connectivity index (χ2n) is 6.24. The number of benzene rings is 2. The van der Waals surface area contributed by atoms with E-state index in [2.05, 4.69) is 10.6 Å². The van der Waals surface area contributed by atoms with Gasteiger partial charge in [-0.1, -0.05) is 11.6 Å². The van der Waals surface area contributed by atoms with Crippen molar-refractivity contribution in [2.45, 2.75) is 12.5 Å². The molecule has 28 heavy (non-hydrogen) atoms. The van der Waals surface area contributed by atoms with Gasteiger partial charge < -0.3 is 10.6 Å². The molecule has 1 atom stereocenters. The van der Waals surface area contributed by atoms with Crippen LogP contribution in [0.25, 0.3) is 0 Å². The average Bonchev–Trinajstić information content (AvgIpc) is 2.84. The topological polar surface area (TPSA) is 78.5 Å². The predicted molar refractivity (Wildman–Crippen MR) is 94.0 cm³/mol. The van der Waals surface area contributed by atoms with Crippen LogP contribution in [0, 0.1) is 17.5 Å². The fraction of sp³-hybridized carbons (Fsp3) is 0.167. The first-order chi connectivity index (χ1) is 13.1. The SMILES string of the molecule is C[C@@]1(c2cc(F)ccc2F)NC(=O)N(CC(=O)Nc2cc(Cl)ccc2F)C1=O. The van der Waals surface area contributed by atoms with Gasteiger partial charge in [-0.25, -0.2) is 18.0 Å². The molecule has 0 unspecified atom stereocenters. The number of rotatable bonds is 4. The quantitative estimate of drug-likeness (QED) is 0.759. The highest BCUT2D eigenvalue weighted by Gasteiger charge is 2.50. The predicted octanol–water partition coefficient (Wildman–Crippen LogP) is 3.16. The molecule has 146 valence electrons. The summed E-state index contributed by atoms with van der Waals surface area (Å²) < 4.78 is 41.3. The van der Waals surface area contributed by atoms with Crippen molar-refractivity contribution >= 4 is 35.1 Å². The van der Waals surface area contributed by atoms with E-state index in [9.17, 15) is 27.6 Å². The van der Waals surface area contributed by atoms with Gasteiger partial charge in [-0.2, -0.15) is 0 Å². The van der Waals surface area contributed by atoms with Gasteiger partial charge in [0.05, 0.1) is 5.69 Å². The van der Waals surface area contributed by atoms with Crippen LogP contribution in [0.1, 0.15) is 12.5 Å². The van der Waals surface area contributed by atoms with E-state index >= 15 is 0 Å². The number of carbonyl (C=O) groups excluding carboxylic acids is 3. The number of nitrogens with zero attached hydrogens (tertiary/aromatic N) is 1. The molecule has 1 aliphatic heterocycles. The Balaban J connectivity index is 1.81. The highest BCUT2D eigenvalue weighted by Crippen LogP contribution is 2.31. The van der Waals surface area contributed by atoms with E-state index in [0.29, 0.717) is 4.90 Å². The number of urea groups is 1. The Bertz CT molecular complexity index is 1000. The largest absolute Gasteiger partial charge is 0.325 e. The molecule has 0 spiro atoms. The lowest BCUT2D eigenvalue weighted by molar-refractivity contribution is -0.133. The Hall–Kier alpha value is -3.07. The minimum absolute atomic E-state index is 0.167. The molecule has 6 nitrogen and oxygen atoms in total. The Morgan fingerprint density at radius 3 is 2.54 bits per heavy atom. The number of nitrogens with one attached hydrogen (secondary N) is 2. The number of hydrogen-bond acceptors (Lipinski definition) is 3. The lowest BCUT2D eigenvalue weighted by Crippen LogP contribution is -2.42. The zero-order chi connectivity index (χ0) is 20.6. The van der Waals surface area contributed by atoms with Gasteiger partial charge in [0, 0.05) is 10.6 Å². The molecule has 0 aromatic heterocycles. The monoisotopic (exact) mass is 411 g/mol. The summed E-state index contributed by atoms with van der Waals surface area (Å²) in [6, 6.07) is 4.99. The highest BCUT2D eigenvalue weighted by molar-refractivity contribution is 6.30. The third kappa shape index (κ3) is 3.53. The number of imide groups is 1. The molecule has 2 aromatic carbocycles. The van der Waals surface area contributed by atoms with Crippen molar-refractivity contribution in [3.05, 3.63) is 64.4 Å². The Labute approximate surface area is 162 Å². The van der Waals surface area contributed by atoms with Crippen molar-refractivity contribution in [3.63, 3.8) is 0 Å². The van der Waals surface area contributed by atoms with Crippen molar-refractivity contribution in [3.8, 4) is 0 Å². The Kier molecular flexibility index (Phi) is 5.03. The van der Waals surface area contributed by atoms with Gasteiger partial charge in [0.1, 0.15) is 29.5 Å². The maximum Gasteiger partial charge on any atom is 0.325 e. The number of amides is 4. The summed E-state index contributed by atoms with van der Waals surface area (Å²) in [6.45, 7) is 0.433. The zero-order valence-electron chi connectivity index (χ0n) is 14.4. The first-order valence-electron chi connectivity index (χ1n) is 7.96. The maximum atomic E-state index is 14.1. The minimum Gasteiger partial charge on any atom is -0.322 e. The lowest BCUT2D eigenvalue weighted by Gasteiger charge is -2.22. The molecule has 0 radical (unpaired) electrons. The van der Waals surface area contributed by atoms with Crippen LogP contribution in [0.5, 0.6) is 0 Å². The van der Waals surface area contributed by atoms with Gasteiger partial charge >= 0.3 is 6.03 Å². The fourth-order valence-corrected chi connectivity index (χ4v) is 3.00. The van der Waals surface area contributed by atoms with E-state index in [4.69, 9.17) is 11.6 Å². The Morgan fingerprint density at radius 2 is 1.82 bits per heavy atom. The number of hydrogen-bond donors (Lipinski definition) is 2. The maximum absolute atomic E-state index is 14.1. The molecule has 0 bridgehead atoms. The van der Waals surface area contributed by atoms with E-state index in [1.165, 1.54) is 13.0 Å². The van der Waals surface area contributed by atoms with Gasteiger partial charge in [0.15, 0.2) is 0 Å². The molecular formula is C18H13ClF3N3O3. The van der Waals surface area contributed by atoms with E-state index in [-0.39, 0.29) is 16.3 Å². The zero-order valence-corrected chi connectivity index (χ0v) is 15.1. The van der Waals surface area contributed by atoms with Gasteiger partial charge in [-0.3, -0.25) is 14.5 Å². The molecule has 1 fully saturated rings. The summed E-state index contributed by atoms with van der Waals surface area (Å²) >= 11 is 5.74. The first-order valence-corrected chi connectivity index (χ1v) is 8.34. The summed E-state index contributed by atoms with van der Waals surface area (Å²) in [5, 5.41) is 4.63. The Morgan fingerprint density at radius 1 is 1.14 bits per heavy atom. The molecule has 2 N–H and O–H groups in total. The van der Waals surface area contributed by atoms with E-state index in [0.717, 1.165) is 30.3 Å². The van der Waals surface area contributed by atoms with Gasteiger partial charge in [-0.15, -0.1) is 0 Å². The van der Waals surface area contributed by atoms with E-state index < -0.39 is 47.4 Å². The number of carbonyl (C=O) groups is 3. The van der Waals surface area contributed by atoms with Crippen LogP contribution in [0.15, 0.2) is 36.4 Å². The first kappa shape index (κ1) is 19.7. The van der Waals surface area contributed by atoms with Crippen LogP contribution in [0.2, 0.25) is 5.02 Å². The van der Waals surface area contributed by atoms with Crippen LogP contribution in [0.4, 0.5) is 23.7 Å². The molecule has 10 heteroatoms. The summed E-state index contributed by atoms with van der Waals surface area (Å²) in [6.07, 6.45) is 0. The standard InChI is InChI=1S/C18H13ClF3N3O3/c1-18(11-7-10(20)3-5-12(11)21)16(27)25(17(28)24-18)8-15(26)23-14-6-9(19)2-4-13(14)22/h2-7H,8H2,1H3,(H,23,26)(H,24,28)/t18-/m0/s1.